The number of carbonyl (C=O) groups excluding carboxylic acids is 1. The monoisotopic (exact) mass is 269 g/mol. The Morgan fingerprint density at radius 1 is 1.44 bits per heavy atom. The number of nitrogens with one attached hydrogen (secondary N) is 1. The summed E-state index contributed by atoms with van der Waals surface area (Å²) in [6, 6.07) is 3.17. The van der Waals surface area contributed by atoms with Gasteiger partial charge in [0.2, 0.25) is 0 Å². The van der Waals surface area contributed by atoms with Crippen LogP contribution in [0.15, 0.2) is 12.1 Å². The van der Waals surface area contributed by atoms with Gasteiger partial charge in [-0.25, -0.2) is 4.98 Å². The highest BCUT2D eigenvalue weighted by Gasteiger charge is 2.17. The quantitative estimate of drug-likeness (QED) is 0.808. The van der Waals surface area contributed by atoms with Crippen molar-refractivity contribution in [2.45, 2.75) is 39.7 Å². The highest BCUT2D eigenvalue weighted by molar-refractivity contribution is 6.29. The predicted octanol–water partition coefficient (Wildman–Crippen LogP) is 2.87. The van der Waals surface area contributed by atoms with Crippen LogP contribution in [0.1, 0.15) is 44.0 Å². The molecule has 1 unspecified atom stereocenters. The molecule has 1 aromatic heterocycles. The van der Waals surface area contributed by atoms with E-state index in [1.165, 1.54) is 12.1 Å². The van der Waals surface area contributed by atoms with Gasteiger partial charge in [0.15, 0.2) is 0 Å². The van der Waals surface area contributed by atoms with Gasteiger partial charge in [-0.3, -0.25) is 4.79 Å². The van der Waals surface area contributed by atoms with Crippen LogP contribution in [0.25, 0.3) is 0 Å². The second-order valence-electron chi connectivity index (χ2n) is 4.44. The summed E-state index contributed by atoms with van der Waals surface area (Å²) in [5.41, 5.74) is 6.01. The molecule has 4 nitrogen and oxygen atoms in total. The number of nitrogen functional groups attached to an aromatic ring is 1. The first-order chi connectivity index (χ1) is 8.47. The number of nitrogens with two attached hydrogens (primary N) is 1. The van der Waals surface area contributed by atoms with Crippen molar-refractivity contribution in [3.8, 4) is 0 Å². The molecule has 1 heterocycles. The van der Waals surface area contributed by atoms with Crippen molar-refractivity contribution >= 4 is 23.3 Å². The zero-order valence-electron chi connectivity index (χ0n) is 11.0. The lowest BCUT2D eigenvalue weighted by Gasteiger charge is -2.22. The van der Waals surface area contributed by atoms with Gasteiger partial charge in [0.05, 0.1) is 0 Å². The van der Waals surface area contributed by atoms with Gasteiger partial charge < -0.3 is 11.1 Å². The van der Waals surface area contributed by atoms with E-state index in [2.05, 4.69) is 24.1 Å². The van der Waals surface area contributed by atoms with E-state index in [0.717, 1.165) is 12.8 Å². The van der Waals surface area contributed by atoms with E-state index in [0.29, 0.717) is 11.5 Å². The summed E-state index contributed by atoms with van der Waals surface area (Å²) in [6.45, 7) is 6.26. The summed E-state index contributed by atoms with van der Waals surface area (Å²) < 4.78 is 0. The fourth-order valence-electron chi connectivity index (χ4n) is 2.05. The Kier molecular flexibility index (Phi) is 5.41. The molecule has 0 aliphatic carbocycles. The van der Waals surface area contributed by atoms with Crippen LogP contribution in [0.2, 0.25) is 5.15 Å². The molecule has 0 bridgehead atoms. The zero-order valence-corrected chi connectivity index (χ0v) is 11.8. The molecule has 0 saturated carbocycles. The highest BCUT2D eigenvalue weighted by atomic mass is 35.5. The van der Waals surface area contributed by atoms with E-state index < -0.39 is 0 Å². The second kappa shape index (κ2) is 6.59. The Bertz CT molecular complexity index is 398. The number of rotatable bonds is 5. The van der Waals surface area contributed by atoms with Crippen LogP contribution in [0.3, 0.4) is 0 Å². The van der Waals surface area contributed by atoms with Gasteiger partial charge in [0.25, 0.3) is 5.91 Å². The Labute approximate surface area is 113 Å². The third kappa shape index (κ3) is 3.88. The van der Waals surface area contributed by atoms with Gasteiger partial charge in [0, 0.05) is 11.6 Å². The summed E-state index contributed by atoms with van der Waals surface area (Å²) in [5, 5.41) is 3.20. The number of pyridine rings is 1. The molecule has 100 valence electrons. The first-order valence-electron chi connectivity index (χ1n) is 6.21. The average Bonchev–Trinajstić information content (AvgIpc) is 2.29. The molecule has 0 aromatic carbocycles. The Morgan fingerprint density at radius 2 is 2.06 bits per heavy atom. The van der Waals surface area contributed by atoms with Gasteiger partial charge in [-0.1, -0.05) is 38.3 Å². The van der Waals surface area contributed by atoms with Crippen molar-refractivity contribution in [1.29, 1.82) is 0 Å². The first kappa shape index (κ1) is 14.8. The molecule has 18 heavy (non-hydrogen) atoms. The van der Waals surface area contributed by atoms with E-state index in [-0.39, 0.29) is 22.9 Å². The topological polar surface area (TPSA) is 68.0 Å². The summed E-state index contributed by atoms with van der Waals surface area (Å²) in [7, 11) is 0. The van der Waals surface area contributed by atoms with E-state index in [4.69, 9.17) is 17.3 Å². The number of aromatic nitrogens is 1. The molecule has 1 amide bonds. The van der Waals surface area contributed by atoms with Crippen molar-refractivity contribution in [1.82, 2.24) is 10.3 Å². The van der Waals surface area contributed by atoms with Crippen molar-refractivity contribution in [2.75, 3.05) is 5.73 Å². The molecule has 0 aliphatic heterocycles. The Morgan fingerprint density at radius 3 is 2.56 bits per heavy atom. The largest absolute Gasteiger partial charge is 0.384 e. The van der Waals surface area contributed by atoms with Gasteiger partial charge in [0.1, 0.15) is 11.0 Å². The minimum Gasteiger partial charge on any atom is -0.384 e. The molecule has 0 fully saturated rings. The number of halogens is 1. The van der Waals surface area contributed by atoms with Crippen molar-refractivity contribution in [3.63, 3.8) is 0 Å². The minimum absolute atomic E-state index is 0.126. The van der Waals surface area contributed by atoms with E-state index in [1.807, 2.05) is 6.92 Å². The van der Waals surface area contributed by atoms with Crippen molar-refractivity contribution in [2.24, 2.45) is 5.92 Å². The lowest BCUT2D eigenvalue weighted by atomic mass is 9.95. The second-order valence-corrected chi connectivity index (χ2v) is 4.83. The lowest BCUT2D eigenvalue weighted by molar-refractivity contribution is 0.0925. The molecule has 1 rings (SSSR count). The molecule has 3 N–H and O–H groups in total. The standard InChI is InChI=1S/C13H20ClN3O/c1-4-9(5-2)8(3)16-13(18)10-6-11(14)17-12(15)7-10/h6-9H,4-5H2,1-3H3,(H2,15,17)(H,16,18). The van der Waals surface area contributed by atoms with Gasteiger partial charge >= 0.3 is 0 Å². The Balaban J connectivity index is 2.76. The molecule has 0 aliphatic rings. The molecule has 0 spiro atoms. The van der Waals surface area contributed by atoms with E-state index in [9.17, 15) is 4.79 Å². The number of nitrogens with zero attached hydrogens (tertiary/aromatic N) is 1. The van der Waals surface area contributed by atoms with Gasteiger partial charge in [-0.05, 0) is 25.0 Å². The number of amides is 1. The van der Waals surface area contributed by atoms with Crippen LogP contribution >= 0.6 is 11.6 Å². The first-order valence-corrected chi connectivity index (χ1v) is 6.59. The molecular formula is C13H20ClN3O. The van der Waals surface area contributed by atoms with Gasteiger partial charge in [-0.15, -0.1) is 0 Å². The average molecular weight is 270 g/mol. The third-order valence-electron chi connectivity index (χ3n) is 3.19. The summed E-state index contributed by atoms with van der Waals surface area (Å²) >= 11 is 5.78. The maximum absolute atomic E-state index is 12.0. The fourth-order valence-corrected chi connectivity index (χ4v) is 2.27. The SMILES string of the molecule is CCC(CC)C(C)NC(=O)c1cc(N)nc(Cl)c1. The summed E-state index contributed by atoms with van der Waals surface area (Å²) in [6.07, 6.45) is 2.08. The lowest BCUT2D eigenvalue weighted by Crippen LogP contribution is -2.37. The molecule has 1 atom stereocenters. The van der Waals surface area contributed by atoms with Crippen LogP contribution in [0.4, 0.5) is 5.82 Å². The minimum atomic E-state index is -0.162. The van der Waals surface area contributed by atoms with Crippen LogP contribution in [-0.4, -0.2) is 16.9 Å². The zero-order chi connectivity index (χ0) is 13.7. The normalized spacial score (nSPS) is 12.5. The maximum Gasteiger partial charge on any atom is 0.251 e. The predicted molar refractivity (Wildman–Crippen MR) is 74.7 cm³/mol. The van der Waals surface area contributed by atoms with E-state index in [1.54, 1.807) is 0 Å². The molecule has 0 saturated heterocycles. The number of hydrogen-bond donors (Lipinski definition) is 2. The molecule has 5 heteroatoms. The number of anilines is 1. The van der Waals surface area contributed by atoms with Crippen LogP contribution in [-0.2, 0) is 0 Å². The highest BCUT2D eigenvalue weighted by Crippen LogP contribution is 2.15. The molecule has 1 aromatic rings. The number of carbonyl (C=O) groups is 1. The maximum atomic E-state index is 12.0. The molecule has 0 radical (unpaired) electrons. The van der Waals surface area contributed by atoms with Crippen LogP contribution in [0.5, 0.6) is 0 Å². The Hall–Kier alpha value is -1.29. The molecular weight excluding hydrogens is 250 g/mol. The third-order valence-corrected chi connectivity index (χ3v) is 3.38. The van der Waals surface area contributed by atoms with E-state index >= 15 is 0 Å². The fraction of sp³-hybridized carbons (Fsp3) is 0.538. The smallest absolute Gasteiger partial charge is 0.251 e. The number of hydrogen-bond acceptors (Lipinski definition) is 3. The summed E-state index contributed by atoms with van der Waals surface area (Å²) in [4.78, 5) is 15.9. The van der Waals surface area contributed by atoms with Crippen LogP contribution < -0.4 is 11.1 Å². The summed E-state index contributed by atoms with van der Waals surface area (Å²) in [5.74, 6) is 0.567. The van der Waals surface area contributed by atoms with Crippen LogP contribution in [0, 0.1) is 5.92 Å². The van der Waals surface area contributed by atoms with Crippen molar-refractivity contribution in [3.05, 3.63) is 22.8 Å². The van der Waals surface area contributed by atoms with Crippen molar-refractivity contribution < 1.29 is 4.79 Å². The van der Waals surface area contributed by atoms with Gasteiger partial charge in [-0.2, -0.15) is 0 Å².